The van der Waals surface area contributed by atoms with Crippen LogP contribution in [0.4, 0.5) is 5.69 Å². The molecule has 0 aliphatic carbocycles. The number of piperidine rings is 1. The Hall–Kier alpha value is -1.02. The van der Waals surface area contributed by atoms with Gasteiger partial charge in [-0.3, -0.25) is 0 Å². The summed E-state index contributed by atoms with van der Waals surface area (Å²) < 4.78 is 0. The molecule has 1 aliphatic rings. The van der Waals surface area contributed by atoms with Crippen molar-refractivity contribution in [3.8, 4) is 0 Å². The van der Waals surface area contributed by atoms with Gasteiger partial charge in [-0.05, 0) is 43.9 Å². The number of hydrogen-bond donors (Lipinski definition) is 1. The molecule has 2 nitrogen and oxygen atoms in total. The second-order valence-electron chi connectivity index (χ2n) is 6.26. The fourth-order valence-corrected chi connectivity index (χ4v) is 3.48. The quantitative estimate of drug-likeness (QED) is 0.857. The van der Waals surface area contributed by atoms with Crippen molar-refractivity contribution in [3.05, 3.63) is 29.8 Å². The Bertz CT molecular complexity index is 413. The second-order valence-corrected chi connectivity index (χ2v) is 6.26. The molecule has 2 heteroatoms. The number of rotatable bonds is 5. The van der Waals surface area contributed by atoms with Crippen LogP contribution in [0.15, 0.2) is 24.3 Å². The highest BCUT2D eigenvalue weighted by atomic mass is 15.1. The summed E-state index contributed by atoms with van der Waals surface area (Å²) in [6.45, 7) is 9.36. The van der Waals surface area contributed by atoms with E-state index in [0.717, 1.165) is 0 Å². The van der Waals surface area contributed by atoms with E-state index in [4.69, 9.17) is 0 Å². The van der Waals surface area contributed by atoms with Gasteiger partial charge in [-0.25, -0.2) is 0 Å². The Morgan fingerprint density at radius 1 is 1.15 bits per heavy atom. The lowest BCUT2D eigenvalue weighted by molar-refractivity contribution is 0.199. The lowest BCUT2D eigenvalue weighted by atomic mass is 9.74. The van der Waals surface area contributed by atoms with Crippen LogP contribution in [0.5, 0.6) is 0 Å². The van der Waals surface area contributed by atoms with Gasteiger partial charge in [0, 0.05) is 24.8 Å². The average Bonchev–Trinajstić information content (AvgIpc) is 2.54. The molecule has 1 N–H and O–H groups in total. The van der Waals surface area contributed by atoms with Gasteiger partial charge in [-0.15, -0.1) is 0 Å². The molecule has 1 aromatic rings. The Morgan fingerprint density at radius 2 is 1.75 bits per heavy atom. The molecule has 0 saturated carbocycles. The standard InChI is InChI=1S/C18H30N2/c1-5-18(6-2)11-13-20(14-12-18)17-10-8-7-9-16(17)15(3)19-4/h7-10,15,19H,5-6,11-14H2,1-4H3. The van der Waals surface area contributed by atoms with E-state index in [1.54, 1.807) is 0 Å². The van der Waals surface area contributed by atoms with E-state index in [0.29, 0.717) is 11.5 Å². The Morgan fingerprint density at radius 3 is 2.30 bits per heavy atom. The fourth-order valence-electron chi connectivity index (χ4n) is 3.48. The van der Waals surface area contributed by atoms with Crippen LogP contribution in [-0.2, 0) is 0 Å². The second kappa shape index (κ2) is 6.62. The van der Waals surface area contributed by atoms with E-state index >= 15 is 0 Å². The summed E-state index contributed by atoms with van der Waals surface area (Å²) in [7, 11) is 2.04. The maximum absolute atomic E-state index is 3.37. The van der Waals surface area contributed by atoms with Gasteiger partial charge >= 0.3 is 0 Å². The maximum Gasteiger partial charge on any atom is 0.0414 e. The van der Waals surface area contributed by atoms with Gasteiger partial charge in [0.1, 0.15) is 0 Å². The lowest BCUT2D eigenvalue weighted by Gasteiger charge is -2.42. The van der Waals surface area contributed by atoms with Crippen LogP contribution in [0, 0.1) is 5.41 Å². The molecule has 0 bridgehead atoms. The Labute approximate surface area is 124 Å². The summed E-state index contributed by atoms with van der Waals surface area (Å²) >= 11 is 0. The van der Waals surface area contributed by atoms with Crippen molar-refractivity contribution in [1.29, 1.82) is 0 Å². The molecular formula is C18H30N2. The van der Waals surface area contributed by atoms with E-state index < -0.39 is 0 Å². The van der Waals surface area contributed by atoms with Gasteiger partial charge in [-0.1, -0.05) is 44.9 Å². The van der Waals surface area contributed by atoms with Crippen LogP contribution in [-0.4, -0.2) is 20.1 Å². The van der Waals surface area contributed by atoms with Crippen molar-refractivity contribution in [2.24, 2.45) is 5.41 Å². The fraction of sp³-hybridized carbons (Fsp3) is 0.667. The molecule has 1 aromatic carbocycles. The number of nitrogens with zero attached hydrogens (tertiary/aromatic N) is 1. The predicted molar refractivity (Wildman–Crippen MR) is 88.4 cm³/mol. The van der Waals surface area contributed by atoms with Crippen LogP contribution in [0.25, 0.3) is 0 Å². The highest BCUT2D eigenvalue weighted by Gasteiger charge is 2.31. The van der Waals surface area contributed by atoms with Crippen molar-refractivity contribution in [2.45, 2.75) is 52.5 Å². The third kappa shape index (κ3) is 3.01. The summed E-state index contributed by atoms with van der Waals surface area (Å²) in [6, 6.07) is 9.28. The summed E-state index contributed by atoms with van der Waals surface area (Å²) in [4.78, 5) is 2.59. The number of nitrogens with one attached hydrogen (secondary N) is 1. The molecule has 112 valence electrons. The molecular weight excluding hydrogens is 244 g/mol. The van der Waals surface area contributed by atoms with Crippen LogP contribution >= 0.6 is 0 Å². The molecule has 0 spiro atoms. The highest BCUT2D eigenvalue weighted by molar-refractivity contribution is 5.55. The zero-order valence-electron chi connectivity index (χ0n) is 13.6. The summed E-state index contributed by atoms with van der Waals surface area (Å²) in [5, 5.41) is 3.37. The van der Waals surface area contributed by atoms with Gasteiger partial charge in [0.2, 0.25) is 0 Å². The SMILES string of the molecule is CCC1(CC)CCN(c2ccccc2C(C)NC)CC1. The first-order chi connectivity index (χ1) is 9.65. The Balaban J connectivity index is 2.15. The van der Waals surface area contributed by atoms with Gasteiger partial charge in [0.15, 0.2) is 0 Å². The first-order valence-electron chi connectivity index (χ1n) is 8.17. The van der Waals surface area contributed by atoms with Crippen molar-refractivity contribution in [2.75, 3.05) is 25.0 Å². The number of para-hydroxylation sites is 1. The van der Waals surface area contributed by atoms with Crippen molar-refractivity contribution < 1.29 is 0 Å². The summed E-state index contributed by atoms with van der Waals surface area (Å²) in [6.07, 6.45) is 5.32. The molecule has 1 fully saturated rings. The van der Waals surface area contributed by atoms with Crippen molar-refractivity contribution in [3.63, 3.8) is 0 Å². The number of hydrogen-bond acceptors (Lipinski definition) is 2. The van der Waals surface area contributed by atoms with E-state index in [1.807, 2.05) is 7.05 Å². The first kappa shape index (κ1) is 15.4. The van der Waals surface area contributed by atoms with Crippen LogP contribution in [0.2, 0.25) is 0 Å². The largest absolute Gasteiger partial charge is 0.371 e. The molecule has 0 aromatic heterocycles. The van der Waals surface area contributed by atoms with Crippen molar-refractivity contribution in [1.82, 2.24) is 5.32 Å². The van der Waals surface area contributed by atoms with Crippen LogP contribution in [0.1, 0.15) is 58.1 Å². The molecule has 1 heterocycles. The predicted octanol–water partition coefficient (Wildman–Crippen LogP) is 4.37. The third-order valence-corrected chi connectivity index (χ3v) is 5.50. The molecule has 2 rings (SSSR count). The monoisotopic (exact) mass is 274 g/mol. The molecule has 1 saturated heterocycles. The number of anilines is 1. The topological polar surface area (TPSA) is 15.3 Å². The molecule has 1 aliphatic heterocycles. The van der Waals surface area contributed by atoms with Crippen molar-refractivity contribution >= 4 is 5.69 Å². The van der Waals surface area contributed by atoms with Gasteiger partial charge < -0.3 is 10.2 Å². The molecule has 1 atom stereocenters. The van der Waals surface area contributed by atoms with E-state index in [2.05, 4.69) is 55.3 Å². The zero-order chi connectivity index (χ0) is 14.6. The minimum Gasteiger partial charge on any atom is -0.371 e. The molecule has 1 unspecified atom stereocenters. The van der Waals surface area contributed by atoms with Crippen LogP contribution < -0.4 is 10.2 Å². The van der Waals surface area contributed by atoms with Gasteiger partial charge in [0.25, 0.3) is 0 Å². The van der Waals surface area contributed by atoms with E-state index in [1.165, 1.54) is 50.0 Å². The molecule has 20 heavy (non-hydrogen) atoms. The summed E-state index contributed by atoms with van der Waals surface area (Å²) in [5.74, 6) is 0. The summed E-state index contributed by atoms with van der Waals surface area (Å²) in [5.41, 5.74) is 3.45. The average molecular weight is 274 g/mol. The van der Waals surface area contributed by atoms with Gasteiger partial charge in [0.05, 0.1) is 0 Å². The van der Waals surface area contributed by atoms with E-state index in [9.17, 15) is 0 Å². The Kier molecular flexibility index (Phi) is 5.09. The third-order valence-electron chi connectivity index (χ3n) is 5.50. The maximum atomic E-state index is 3.37. The minimum absolute atomic E-state index is 0.412. The van der Waals surface area contributed by atoms with E-state index in [-0.39, 0.29) is 0 Å². The zero-order valence-corrected chi connectivity index (χ0v) is 13.6. The highest BCUT2D eigenvalue weighted by Crippen LogP contribution is 2.40. The van der Waals surface area contributed by atoms with Crippen LogP contribution in [0.3, 0.4) is 0 Å². The minimum atomic E-state index is 0.412. The molecule has 0 radical (unpaired) electrons. The number of benzene rings is 1. The lowest BCUT2D eigenvalue weighted by Crippen LogP contribution is -2.40. The normalized spacial score (nSPS) is 19.9. The molecule has 0 amide bonds. The van der Waals surface area contributed by atoms with Gasteiger partial charge in [-0.2, -0.15) is 0 Å². The first-order valence-corrected chi connectivity index (χ1v) is 8.17. The smallest absolute Gasteiger partial charge is 0.0414 e.